The van der Waals surface area contributed by atoms with Gasteiger partial charge in [-0.15, -0.1) is 0 Å². The van der Waals surface area contributed by atoms with Crippen molar-refractivity contribution in [3.05, 3.63) is 54.2 Å². The molecule has 0 saturated heterocycles. The van der Waals surface area contributed by atoms with Crippen LogP contribution in [0.3, 0.4) is 0 Å². The fourth-order valence-corrected chi connectivity index (χ4v) is 4.00. The largest absolute Gasteiger partial charge is 0.378 e. The first-order valence-corrected chi connectivity index (χ1v) is 10.2. The standard InChI is InChI=1S/C21H26N2O2S/c24-20(22-15-8-16-25-17-9-3-1-4-10-17)19-13-7-14-23-21(19)26-18-11-5-2-6-12-18/h2,5-7,11-14,17H,1,3-4,8-10,15-16H2,(H,22,24). The lowest BCUT2D eigenvalue weighted by molar-refractivity contribution is 0.0273. The van der Waals surface area contributed by atoms with Crippen LogP contribution in [0.25, 0.3) is 0 Å². The average Bonchev–Trinajstić information content (AvgIpc) is 2.69. The van der Waals surface area contributed by atoms with E-state index in [2.05, 4.69) is 10.3 Å². The Morgan fingerprint density at radius 3 is 2.73 bits per heavy atom. The van der Waals surface area contributed by atoms with Crippen molar-refractivity contribution in [2.45, 2.75) is 54.6 Å². The summed E-state index contributed by atoms with van der Waals surface area (Å²) in [7, 11) is 0. The number of benzene rings is 1. The van der Waals surface area contributed by atoms with Gasteiger partial charge in [-0.05, 0) is 43.5 Å². The molecule has 3 rings (SSSR count). The van der Waals surface area contributed by atoms with Gasteiger partial charge in [0, 0.05) is 24.2 Å². The van der Waals surface area contributed by atoms with E-state index in [0.717, 1.165) is 16.3 Å². The van der Waals surface area contributed by atoms with Crippen molar-refractivity contribution in [2.24, 2.45) is 0 Å². The molecule has 1 N–H and O–H groups in total. The van der Waals surface area contributed by atoms with Crippen molar-refractivity contribution < 1.29 is 9.53 Å². The molecule has 4 nitrogen and oxygen atoms in total. The highest BCUT2D eigenvalue weighted by molar-refractivity contribution is 7.99. The van der Waals surface area contributed by atoms with Gasteiger partial charge in [-0.25, -0.2) is 4.98 Å². The maximum atomic E-state index is 12.5. The maximum absolute atomic E-state index is 12.5. The highest BCUT2D eigenvalue weighted by Crippen LogP contribution is 2.28. The van der Waals surface area contributed by atoms with Gasteiger partial charge in [-0.3, -0.25) is 4.79 Å². The molecule has 5 heteroatoms. The molecule has 1 aliphatic carbocycles. The molecule has 2 aromatic rings. The van der Waals surface area contributed by atoms with E-state index in [4.69, 9.17) is 4.74 Å². The first-order valence-electron chi connectivity index (χ1n) is 9.40. The molecule has 1 aromatic heterocycles. The van der Waals surface area contributed by atoms with Crippen LogP contribution in [0.1, 0.15) is 48.9 Å². The minimum absolute atomic E-state index is 0.0748. The number of amides is 1. The van der Waals surface area contributed by atoms with Crippen LogP contribution in [0.4, 0.5) is 0 Å². The van der Waals surface area contributed by atoms with Crippen molar-refractivity contribution in [3.8, 4) is 0 Å². The van der Waals surface area contributed by atoms with Crippen molar-refractivity contribution in [1.82, 2.24) is 10.3 Å². The summed E-state index contributed by atoms with van der Waals surface area (Å²) in [6.45, 7) is 1.33. The Labute approximate surface area is 159 Å². The summed E-state index contributed by atoms with van der Waals surface area (Å²) in [4.78, 5) is 18.0. The quantitative estimate of drug-likeness (QED) is 0.684. The number of ether oxygens (including phenoxy) is 1. The SMILES string of the molecule is O=C(NCCCOC1CCCCC1)c1cccnc1Sc1ccccc1. The summed E-state index contributed by atoms with van der Waals surface area (Å²) < 4.78 is 5.91. The van der Waals surface area contributed by atoms with Crippen LogP contribution < -0.4 is 5.32 Å². The van der Waals surface area contributed by atoms with Crippen molar-refractivity contribution in [3.63, 3.8) is 0 Å². The zero-order valence-corrected chi connectivity index (χ0v) is 15.8. The van der Waals surface area contributed by atoms with Crippen molar-refractivity contribution >= 4 is 17.7 Å². The van der Waals surface area contributed by atoms with E-state index in [0.29, 0.717) is 24.8 Å². The molecule has 1 amide bonds. The van der Waals surface area contributed by atoms with Crippen LogP contribution in [0, 0.1) is 0 Å². The Morgan fingerprint density at radius 1 is 1.12 bits per heavy atom. The van der Waals surface area contributed by atoms with Crippen molar-refractivity contribution in [2.75, 3.05) is 13.2 Å². The van der Waals surface area contributed by atoms with E-state index >= 15 is 0 Å². The summed E-state index contributed by atoms with van der Waals surface area (Å²) in [5, 5.41) is 3.72. The van der Waals surface area contributed by atoms with E-state index in [-0.39, 0.29) is 5.91 Å². The van der Waals surface area contributed by atoms with E-state index in [1.165, 1.54) is 43.9 Å². The van der Waals surface area contributed by atoms with Crippen LogP contribution >= 0.6 is 11.8 Å². The molecule has 1 heterocycles. The number of hydrogen-bond acceptors (Lipinski definition) is 4. The monoisotopic (exact) mass is 370 g/mol. The zero-order chi connectivity index (χ0) is 18.0. The van der Waals surface area contributed by atoms with Gasteiger partial charge in [-0.2, -0.15) is 0 Å². The predicted molar refractivity (Wildman–Crippen MR) is 105 cm³/mol. The molecule has 1 aromatic carbocycles. The number of aromatic nitrogens is 1. The molecule has 138 valence electrons. The molecule has 0 unspecified atom stereocenters. The summed E-state index contributed by atoms with van der Waals surface area (Å²) in [6, 6.07) is 13.6. The number of nitrogens with zero attached hydrogens (tertiary/aromatic N) is 1. The lowest BCUT2D eigenvalue weighted by atomic mass is 9.98. The Bertz CT molecular complexity index is 687. The molecule has 0 bridgehead atoms. The predicted octanol–water partition coefficient (Wildman–Crippen LogP) is 4.70. The number of carbonyl (C=O) groups is 1. The summed E-state index contributed by atoms with van der Waals surface area (Å²) in [5.74, 6) is -0.0748. The number of hydrogen-bond donors (Lipinski definition) is 1. The smallest absolute Gasteiger partial charge is 0.254 e. The second-order valence-corrected chi connectivity index (χ2v) is 7.57. The van der Waals surface area contributed by atoms with E-state index in [1.54, 1.807) is 12.3 Å². The van der Waals surface area contributed by atoms with Crippen LogP contribution in [-0.2, 0) is 4.74 Å². The first-order chi connectivity index (χ1) is 12.8. The second kappa shape index (κ2) is 10.3. The van der Waals surface area contributed by atoms with Gasteiger partial charge in [0.2, 0.25) is 0 Å². The molecule has 1 saturated carbocycles. The van der Waals surface area contributed by atoms with Gasteiger partial charge in [0.05, 0.1) is 11.7 Å². The Morgan fingerprint density at radius 2 is 1.92 bits per heavy atom. The van der Waals surface area contributed by atoms with Gasteiger partial charge in [-0.1, -0.05) is 49.2 Å². The molecule has 0 radical (unpaired) electrons. The topological polar surface area (TPSA) is 51.2 Å². The highest BCUT2D eigenvalue weighted by Gasteiger charge is 2.14. The number of rotatable bonds is 8. The van der Waals surface area contributed by atoms with Gasteiger partial charge >= 0.3 is 0 Å². The number of nitrogens with one attached hydrogen (secondary N) is 1. The van der Waals surface area contributed by atoms with Gasteiger partial charge in [0.1, 0.15) is 5.03 Å². The summed E-state index contributed by atoms with van der Waals surface area (Å²) in [6.07, 6.45) is 9.25. The van der Waals surface area contributed by atoms with Crippen LogP contribution in [0.2, 0.25) is 0 Å². The van der Waals surface area contributed by atoms with Crippen LogP contribution in [0.5, 0.6) is 0 Å². The normalized spacial score (nSPS) is 14.9. The zero-order valence-electron chi connectivity index (χ0n) is 15.0. The highest BCUT2D eigenvalue weighted by atomic mass is 32.2. The molecular formula is C21H26N2O2S. The van der Waals surface area contributed by atoms with Gasteiger partial charge in [0.15, 0.2) is 0 Å². The van der Waals surface area contributed by atoms with Gasteiger partial charge < -0.3 is 10.1 Å². The van der Waals surface area contributed by atoms with E-state index < -0.39 is 0 Å². The number of carbonyl (C=O) groups excluding carboxylic acids is 1. The lowest BCUT2D eigenvalue weighted by Crippen LogP contribution is -2.26. The van der Waals surface area contributed by atoms with Gasteiger partial charge in [0.25, 0.3) is 5.91 Å². The lowest BCUT2D eigenvalue weighted by Gasteiger charge is -2.21. The number of pyridine rings is 1. The minimum atomic E-state index is -0.0748. The second-order valence-electron chi connectivity index (χ2n) is 6.51. The first kappa shape index (κ1) is 18.9. The molecule has 0 spiro atoms. The third kappa shape index (κ3) is 5.85. The van der Waals surface area contributed by atoms with E-state index in [1.807, 2.05) is 36.4 Å². The summed E-state index contributed by atoms with van der Waals surface area (Å²) in [5.41, 5.74) is 0.620. The molecule has 1 fully saturated rings. The summed E-state index contributed by atoms with van der Waals surface area (Å²) >= 11 is 1.51. The van der Waals surface area contributed by atoms with E-state index in [9.17, 15) is 4.79 Å². The van der Waals surface area contributed by atoms with Crippen LogP contribution in [0.15, 0.2) is 58.6 Å². The molecular weight excluding hydrogens is 344 g/mol. The third-order valence-electron chi connectivity index (χ3n) is 4.49. The molecule has 0 atom stereocenters. The maximum Gasteiger partial charge on any atom is 0.254 e. The average molecular weight is 371 g/mol. The molecule has 1 aliphatic rings. The fourth-order valence-electron chi connectivity index (χ4n) is 3.10. The molecule has 26 heavy (non-hydrogen) atoms. The Kier molecular flexibility index (Phi) is 7.52. The fraction of sp³-hybridized carbons (Fsp3) is 0.429. The minimum Gasteiger partial charge on any atom is -0.378 e. The van der Waals surface area contributed by atoms with Crippen LogP contribution in [-0.4, -0.2) is 30.1 Å². The third-order valence-corrected chi connectivity index (χ3v) is 5.51. The Balaban J connectivity index is 1.45. The van der Waals surface area contributed by atoms with Crippen molar-refractivity contribution in [1.29, 1.82) is 0 Å². The molecule has 0 aliphatic heterocycles. The Hall–Kier alpha value is -1.85.